The smallest absolute Gasteiger partial charge is 0.255 e. The van der Waals surface area contributed by atoms with Crippen molar-refractivity contribution in [1.29, 1.82) is 0 Å². The number of carbonyl (C=O) groups is 1. The van der Waals surface area contributed by atoms with Crippen LogP contribution < -0.4 is 5.73 Å². The van der Waals surface area contributed by atoms with Gasteiger partial charge in [-0.2, -0.15) is 0 Å². The summed E-state index contributed by atoms with van der Waals surface area (Å²) in [5.41, 5.74) is 7.56. The van der Waals surface area contributed by atoms with Gasteiger partial charge in [0.25, 0.3) is 5.91 Å². The summed E-state index contributed by atoms with van der Waals surface area (Å²) in [5, 5.41) is 0. The molecule has 17 heavy (non-hydrogen) atoms. The molecular formula is C13H19N3O. The van der Waals surface area contributed by atoms with Gasteiger partial charge in [0.15, 0.2) is 0 Å². The van der Waals surface area contributed by atoms with E-state index in [1.807, 2.05) is 24.8 Å². The van der Waals surface area contributed by atoms with Crippen LogP contribution >= 0.6 is 0 Å². The molecule has 1 aliphatic heterocycles. The third kappa shape index (κ3) is 2.64. The molecule has 0 spiro atoms. The highest BCUT2D eigenvalue weighted by atomic mass is 16.2. The number of aromatic nitrogens is 1. The quantitative estimate of drug-likeness (QED) is 0.835. The average Bonchev–Trinajstić information content (AvgIpc) is 2.77. The van der Waals surface area contributed by atoms with Crippen molar-refractivity contribution in [3.05, 3.63) is 29.6 Å². The first kappa shape index (κ1) is 12.0. The molecule has 0 radical (unpaired) electrons. The lowest BCUT2D eigenvalue weighted by molar-refractivity contribution is 0.0785. The molecule has 0 bridgehead atoms. The topological polar surface area (TPSA) is 59.2 Å². The number of nitrogens with zero attached hydrogens (tertiary/aromatic N) is 2. The Kier molecular flexibility index (Phi) is 3.43. The minimum absolute atomic E-state index is 0.0735. The third-order valence-corrected chi connectivity index (χ3v) is 3.38. The van der Waals surface area contributed by atoms with Gasteiger partial charge in [0.1, 0.15) is 0 Å². The standard InChI is InChI=1S/C13H19N3O/c1-9-5-12(7-15-6-9)13(17)16-4-3-11(8-16)10(2)14/h5-7,10-11H,3-4,8,14H2,1-2H3. The lowest BCUT2D eigenvalue weighted by Crippen LogP contribution is -2.33. The van der Waals surface area contributed by atoms with E-state index in [0.717, 1.165) is 25.1 Å². The van der Waals surface area contributed by atoms with Crippen LogP contribution in [0.1, 0.15) is 29.3 Å². The summed E-state index contributed by atoms with van der Waals surface area (Å²) < 4.78 is 0. The maximum Gasteiger partial charge on any atom is 0.255 e. The molecule has 92 valence electrons. The molecule has 2 unspecified atom stereocenters. The molecule has 1 aromatic rings. The fourth-order valence-corrected chi connectivity index (χ4v) is 2.26. The summed E-state index contributed by atoms with van der Waals surface area (Å²) in [6.07, 6.45) is 4.39. The van der Waals surface area contributed by atoms with Gasteiger partial charge in [-0.25, -0.2) is 0 Å². The van der Waals surface area contributed by atoms with Crippen molar-refractivity contribution in [3.63, 3.8) is 0 Å². The van der Waals surface area contributed by atoms with Gasteiger partial charge in [-0.3, -0.25) is 9.78 Å². The van der Waals surface area contributed by atoms with Crippen LogP contribution in [0, 0.1) is 12.8 Å². The van der Waals surface area contributed by atoms with Crippen LogP contribution in [0.15, 0.2) is 18.5 Å². The van der Waals surface area contributed by atoms with Gasteiger partial charge in [-0.15, -0.1) is 0 Å². The summed E-state index contributed by atoms with van der Waals surface area (Å²) in [5.74, 6) is 0.501. The Hall–Kier alpha value is -1.42. The molecule has 1 aromatic heterocycles. The van der Waals surface area contributed by atoms with Crippen LogP contribution in [-0.4, -0.2) is 34.9 Å². The Balaban J connectivity index is 2.07. The largest absolute Gasteiger partial charge is 0.338 e. The SMILES string of the molecule is Cc1cncc(C(=O)N2CCC(C(C)N)C2)c1. The minimum Gasteiger partial charge on any atom is -0.338 e. The van der Waals surface area contributed by atoms with E-state index < -0.39 is 0 Å². The number of hydrogen-bond donors (Lipinski definition) is 1. The van der Waals surface area contributed by atoms with Crippen molar-refractivity contribution in [3.8, 4) is 0 Å². The number of rotatable bonds is 2. The molecule has 2 heterocycles. The predicted molar refractivity (Wildman–Crippen MR) is 66.6 cm³/mol. The normalized spacial score (nSPS) is 21.6. The van der Waals surface area contributed by atoms with Crippen LogP contribution in [0.2, 0.25) is 0 Å². The summed E-state index contributed by atoms with van der Waals surface area (Å²) in [6, 6.07) is 2.04. The molecule has 4 nitrogen and oxygen atoms in total. The van der Waals surface area contributed by atoms with Crippen molar-refractivity contribution >= 4 is 5.91 Å². The second-order valence-electron chi connectivity index (χ2n) is 4.91. The molecule has 0 aromatic carbocycles. The highest BCUT2D eigenvalue weighted by Gasteiger charge is 2.28. The second-order valence-corrected chi connectivity index (χ2v) is 4.91. The number of pyridine rings is 1. The molecule has 2 rings (SSSR count). The molecule has 1 fully saturated rings. The van der Waals surface area contributed by atoms with Crippen LogP contribution in [0.3, 0.4) is 0 Å². The zero-order chi connectivity index (χ0) is 12.4. The molecule has 2 N–H and O–H groups in total. The molecule has 1 aliphatic rings. The Morgan fingerprint density at radius 2 is 2.35 bits per heavy atom. The summed E-state index contributed by atoms with van der Waals surface area (Å²) in [4.78, 5) is 18.2. The van der Waals surface area contributed by atoms with Gasteiger partial charge in [0.05, 0.1) is 5.56 Å². The molecular weight excluding hydrogens is 214 g/mol. The zero-order valence-electron chi connectivity index (χ0n) is 10.4. The second kappa shape index (κ2) is 4.84. The highest BCUT2D eigenvalue weighted by molar-refractivity contribution is 5.94. The van der Waals surface area contributed by atoms with Crippen molar-refractivity contribution in [2.24, 2.45) is 11.7 Å². The highest BCUT2D eigenvalue weighted by Crippen LogP contribution is 2.20. The first-order chi connectivity index (χ1) is 8.08. The van der Waals surface area contributed by atoms with Crippen molar-refractivity contribution in [1.82, 2.24) is 9.88 Å². The van der Waals surface area contributed by atoms with Crippen molar-refractivity contribution in [2.75, 3.05) is 13.1 Å². The predicted octanol–water partition coefficient (Wildman–Crippen LogP) is 1.20. The maximum absolute atomic E-state index is 12.2. The maximum atomic E-state index is 12.2. The number of aryl methyl sites for hydroxylation is 1. The van der Waals surface area contributed by atoms with Gasteiger partial charge < -0.3 is 10.6 Å². The van der Waals surface area contributed by atoms with Crippen molar-refractivity contribution in [2.45, 2.75) is 26.3 Å². The molecule has 0 saturated carbocycles. The first-order valence-corrected chi connectivity index (χ1v) is 6.04. The van der Waals surface area contributed by atoms with E-state index in [1.165, 1.54) is 0 Å². The fourth-order valence-electron chi connectivity index (χ4n) is 2.26. The van der Waals surface area contributed by atoms with E-state index in [1.54, 1.807) is 12.4 Å². The van der Waals surface area contributed by atoms with Gasteiger partial charge in [-0.05, 0) is 37.8 Å². The van der Waals surface area contributed by atoms with E-state index in [9.17, 15) is 4.79 Å². The number of nitrogens with two attached hydrogens (primary N) is 1. The van der Waals surface area contributed by atoms with E-state index in [0.29, 0.717) is 11.5 Å². The molecule has 2 atom stereocenters. The number of carbonyl (C=O) groups excluding carboxylic acids is 1. The zero-order valence-corrected chi connectivity index (χ0v) is 10.4. The monoisotopic (exact) mass is 233 g/mol. The lowest BCUT2D eigenvalue weighted by Gasteiger charge is -2.18. The van der Waals surface area contributed by atoms with E-state index in [2.05, 4.69) is 4.98 Å². The van der Waals surface area contributed by atoms with E-state index >= 15 is 0 Å². The Labute approximate surface area is 102 Å². The van der Waals surface area contributed by atoms with Crippen LogP contribution in [0.25, 0.3) is 0 Å². The van der Waals surface area contributed by atoms with Gasteiger partial charge in [-0.1, -0.05) is 0 Å². The molecule has 4 heteroatoms. The summed E-state index contributed by atoms with van der Waals surface area (Å²) in [6.45, 7) is 5.52. The average molecular weight is 233 g/mol. The fraction of sp³-hybridized carbons (Fsp3) is 0.538. The Bertz CT molecular complexity index is 417. The minimum atomic E-state index is 0.0735. The summed E-state index contributed by atoms with van der Waals surface area (Å²) in [7, 11) is 0. The molecule has 0 aliphatic carbocycles. The van der Waals surface area contributed by atoms with Gasteiger partial charge >= 0.3 is 0 Å². The van der Waals surface area contributed by atoms with Crippen LogP contribution in [-0.2, 0) is 0 Å². The van der Waals surface area contributed by atoms with Crippen molar-refractivity contribution < 1.29 is 4.79 Å². The Morgan fingerprint density at radius 3 is 2.94 bits per heavy atom. The van der Waals surface area contributed by atoms with Crippen LogP contribution in [0.5, 0.6) is 0 Å². The van der Waals surface area contributed by atoms with Gasteiger partial charge in [0.2, 0.25) is 0 Å². The summed E-state index contributed by atoms with van der Waals surface area (Å²) >= 11 is 0. The third-order valence-electron chi connectivity index (χ3n) is 3.38. The number of likely N-dealkylation sites (tertiary alicyclic amines) is 1. The Morgan fingerprint density at radius 1 is 1.59 bits per heavy atom. The lowest BCUT2D eigenvalue weighted by atomic mass is 10.0. The number of hydrogen-bond acceptors (Lipinski definition) is 3. The molecule has 1 saturated heterocycles. The molecule has 1 amide bonds. The van der Waals surface area contributed by atoms with E-state index in [4.69, 9.17) is 5.73 Å². The van der Waals surface area contributed by atoms with E-state index in [-0.39, 0.29) is 11.9 Å². The number of amides is 1. The van der Waals surface area contributed by atoms with Crippen LogP contribution in [0.4, 0.5) is 0 Å². The first-order valence-electron chi connectivity index (χ1n) is 6.04. The van der Waals surface area contributed by atoms with Gasteiger partial charge in [0, 0.05) is 31.5 Å².